The Bertz CT molecular complexity index is 2370. The number of ether oxygens (including phenoxy) is 3. The van der Waals surface area contributed by atoms with Crippen molar-refractivity contribution in [3.63, 3.8) is 0 Å². The number of thiazole rings is 1. The quantitative estimate of drug-likeness (QED) is 0.0894. The first-order valence-corrected chi connectivity index (χ1v) is 21.6. The van der Waals surface area contributed by atoms with Crippen LogP contribution in [0.15, 0.2) is 112 Å². The Morgan fingerprint density at radius 1 is 0.875 bits per heavy atom. The minimum Gasteiger partial charge on any atom is -0.497 e. The number of rotatable bonds is 16. The van der Waals surface area contributed by atoms with Crippen LogP contribution in [0.2, 0.25) is 0 Å². The fraction of sp³-hybridized carbons (Fsp3) is 0.273. The van der Waals surface area contributed by atoms with E-state index in [-0.39, 0.29) is 24.6 Å². The molecule has 1 saturated carbocycles. The van der Waals surface area contributed by atoms with Gasteiger partial charge in [0, 0.05) is 45.9 Å². The Morgan fingerprint density at radius 3 is 2.04 bits per heavy atom. The molecule has 4 aromatic carbocycles. The third kappa shape index (κ3) is 8.94. The topological polar surface area (TPSA) is 100.0 Å². The molecule has 0 atom stereocenters. The summed E-state index contributed by atoms with van der Waals surface area (Å²) in [6.07, 6.45) is 3.20. The largest absolute Gasteiger partial charge is 0.497 e. The van der Waals surface area contributed by atoms with Crippen molar-refractivity contribution in [2.24, 2.45) is 5.92 Å². The number of esters is 1. The number of aromatic nitrogens is 2. The molecular formula is C44H44BrN3O6S2. The van der Waals surface area contributed by atoms with Crippen molar-refractivity contribution < 1.29 is 27.4 Å². The molecule has 1 fully saturated rings. The maximum atomic E-state index is 14.4. The highest BCUT2D eigenvalue weighted by Crippen LogP contribution is 2.42. The van der Waals surface area contributed by atoms with E-state index in [4.69, 9.17) is 19.2 Å². The molecule has 7 rings (SSSR count). The van der Waals surface area contributed by atoms with E-state index in [1.165, 1.54) is 15.6 Å². The van der Waals surface area contributed by atoms with Crippen molar-refractivity contribution in [2.75, 3.05) is 20.8 Å². The third-order valence-corrected chi connectivity index (χ3v) is 13.2. The van der Waals surface area contributed by atoms with Crippen LogP contribution in [-0.2, 0) is 40.8 Å². The van der Waals surface area contributed by atoms with Crippen LogP contribution in [0, 0.1) is 12.8 Å². The van der Waals surface area contributed by atoms with Gasteiger partial charge in [0.1, 0.15) is 16.5 Å². The summed E-state index contributed by atoms with van der Waals surface area (Å²) in [6.45, 7) is 4.86. The van der Waals surface area contributed by atoms with Gasteiger partial charge in [-0.25, -0.2) is 18.2 Å². The first-order chi connectivity index (χ1) is 27.1. The van der Waals surface area contributed by atoms with Crippen LogP contribution in [0.25, 0.3) is 21.8 Å². The summed E-state index contributed by atoms with van der Waals surface area (Å²) in [4.78, 5) is 18.6. The lowest BCUT2D eigenvalue weighted by atomic mass is 10.1. The first kappa shape index (κ1) is 39.5. The minimum atomic E-state index is -3.92. The van der Waals surface area contributed by atoms with Gasteiger partial charge in [-0.15, -0.1) is 11.3 Å². The van der Waals surface area contributed by atoms with Gasteiger partial charge in [-0.2, -0.15) is 4.31 Å². The lowest BCUT2D eigenvalue weighted by molar-refractivity contribution is 0.0519. The smallest absolute Gasteiger partial charge is 0.358 e. The molecule has 2 heterocycles. The highest BCUT2D eigenvalue weighted by Gasteiger charge is 2.30. The molecule has 0 amide bonds. The Kier molecular flexibility index (Phi) is 12.1. The Morgan fingerprint density at radius 2 is 1.48 bits per heavy atom. The molecule has 0 aliphatic heterocycles. The zero-order valence-electron chi connectivity index (χ0n) is 31.8. The van der Waals surface area contributed by atoms with Gasteiger partial charge in [0.15, 0.2) is 5.69 Å². The maximum Gasteiger partial charge on any atom is 0.358 e. The molecule has 6 aromatic rings. The number of nitrogens with zero attached hydrogens (tertiary/aromatic N) is 3. The highest BCUT2D eigenvalue weighted by molar-refractivity contribution is 9.10. The van der Waals surface area contributed by atoms with Crippen LogP contribution >= 0.6 is 27.3 Å². The molecule has 290 valence electrons. The predicted octanol–water partition coefficient (Wildman–Crippen LogP) is 9.94. The fourth-order valence-corrected chi connectivity index (χ4v) is 9.51. The highest BCUT2D eigenvalue weighted by atomic mass is 79.9. The molecular weight excluding hydrogens is 811 g/mol. The van der Waals surface area contributed by atoms with E-state index in [1.807, 2.05) is 79.7 Å². The van der Waals surface area contributed by atoms with Gasteiger partial charge < -0.3 is 18.8 Å². The Labute approximate surface area is 341 Å². The Balaban J connectivity index is 1.24. The molecule has 0 N–H and O–H groups in total. The molecule has 9 nitrogen and oxygen atoms in total. The van der Waals surface area contributed by atoms with E-state index >= 15 is 0 Å². The number of methoxy groups -OCH3 is 2. The van der Waals surface area contributed by atoms with Gasteiger partial charge in [-0.1, -0.05) is 64.5 Å². The average Bonchev–Trinajstić information content (AvgIpc) is 3.85. The molecule has 1 aliphatic rings. The summed E-state index contributed by atoms with van der Waals surface area (Å²) in [5.41, 5.74) is 7.20. The first-order valence-electron chi connectivity index (χ1n) is 18.5. The zero-order chi connectivity index (χ0) is 39.4. The number of carbonyl (C=O) groups excluding carboxylic acids is 1. The molecule has 56 heavy (non-hydrogen) atoms. The fourth-order valence-electron chi connectivity index (χ4n) is 6.75. The molecule has 2 aromatic heterocycles. The van der Waals surface area contributed by atoms with Crippen LogP contribution in [0.1, 0.15) is 57.5 Å². The van der Waals surface area contributed by atoms with Crippen molar-refractivity contribution in [2.45, 2.75) is 57.6 Å². The van der Waals surface area contributed by atoms with E-state index in [1.54, 1.807) is 33.3 Å². The van der Waals surface area contributed by atoms with E-state index in [0.717, 1.165) is 72.8 Å². The van der Waals surface area contributed by atoms with Gasteiger partial charge in [0.25, 0.3) is 0 Å². The summed E-state index contributed by atoms with van der Waals surface area (Å²) in [7, 11) is -0.710. The number of sulfonamides is 1. The summed E-state index contributed by atoms with van der Waals surface area (Å²) >= 11 is 5.17. The predicted molar refractivity (Wildman–Crippen MR) is 224 cm³/mol. The number of benzene rings is 4. The summed E-state index contributed by atoms with van der Waals surface area (Å²) in [6, 6.07) is 32.5. The normalized spacial score (nSPS) is 12.9. The molecule has 0 radical (unpaired) electrons. The maximum absolute atomic E-state index is 14.4. The van der Waals surface area contributed by atoms with Crippen molar-refractivity contribution in [3.05, 3.63) is 141 Å². The second kappa shape index (κ2) is 17.2. The summed E-state index contributed by atoms with van der Waals surface area (Å²) in [5.74, 6) is 1.56. The average molecular weight is 855 g/mol. The second-order valence-corrected chi connectivity index (χ2v) is 17.9. The lowest BCUT2D eigenvalue weighted by Gasteiger charge is -2.23. The zero-order valence-corrected chi connectivity index (χ0v) is 35.0. The van der Waals surface area contributed by atoms with Crippen molar-refractivity contribution in [1.82, 2.24) is 13.9 Å². The van der Waals surface area contributed by atoms with Crippen molar-refractivity contribution in [3.8, 4) is 33.3 Å². The molecule has 12 heteroatoms. The molecule has 1 aliphatic carbocycles. The van der Waals surface area contributed by atoms with Gasteiger partial charge in [-0.3, -0.25) is 0 Å². The third-order valence-electron chi connectivity index (χ3n) is 9.94. The molecule has 0 saturated heterocycles. The molecule has 0 unspecified atom stereocenters. The van der Waals surface area contributed by atoms with Crippen LogP contribution < -0.4 is 9.47 Å². The van der Waals surface area contributed by atoms with E-state index < -0.39 is 16.0 Å². The van der Waals surface area contributed by atoms with Gasteiger partial charge in [0.05, 0.1) is 25.7 Å². The number of aryl methyl sites for hydroxylation is 1. The van der Waals surface area contributed by atoms with E-state index in [0.29, 0.717) is 29.7 Å². The molecule has 0 spiro atoms. The van der Waals surface area contributed by atoms with Gasteiger partial charge in [0.2, 0.25) is 10.0 Å². The van der Waals surface area contributed by atoms with Gasteiger partial charge >= 0.3 is 5.97 Å². The summed E-state index contributed by atoms with van der Waals surface area (Å²) in [5, 5.41) is 0.784. The van der Waals surface area contributed by atoms with Crippen LogP contribution in [0.5, 0.6) is 11.5 Å². The van der Waals surface area contributed by atoms with Crippen molar-refractivity contribution >= 4 is 43.3 Å². The van der Waals surface area contributed by atoms with E-state index in [9.17, 15) is 13.2 Å². The van der Waals surface area contributed by atoms with Crippen molar-refractivity contribution in [1.29, 1.82) is 0 Å². The number of hydrogen-bond acceptors (Lipinski definition) is 8. The standard InChI is InChI=1S/C44H44BrN3O6S2/c1-5-54-44(49)42-29(2)55-43(46-42)39-25-40(34-7-6-8-35(45)24-34)48(41(39)23-30-9-10-30)28-33-15-21-38(22-16-33)56(50,51)47(26-31-11-17-36(52-3)18-12-31)27-32-13-19-37(53-4)20-14-32/h6-8,11-22,24-25,30H,5,9-10,23,26-28H2,1-4H3. The monoisotopic (exact) mass is 853 g/mol. The molecule has 0 bridgehead atoms. The van der Waals surface area contributed by atoms with Crippen LogP contribution in [-0.4, -0.2) is 49.1 Å². The van der Waals surface area contributed by atoms with E-state index in [2.05, 4.69) is 38.7 Å². The Hall–Kier alpha value is -4.75. The number of carbonyl (C=O) groups is 1. The minimum absolute atomic E-state index is 0.181. The number of hydrogen-bond donors (Lipinski definition) is 0. The van der Waals surface area contributed by atoms with Crippen LogP contribution in [0.4, 0.5) is 0 Å². The van der Waals surface area contributed by atoms with Crippen LogP contribution in [0.3, 0.4) is 0 Å². The lowest BCUT2D eigenvalue weighted by Crippen LogP contribution is -2.30. The number of halogens is 1. The second-order valence-electron chi connectivity index (χ2n) is 13.9. The van der Waals surface area contributed by atoms with Gasteiger partial charge in [-0.05, 0) is 116 Å². The summed E-state index contributed by atoms with van der Waals surface area (Å²) < 4.78 is 49.6. The SMILES string of the molecule is CCOC(=O)c1nc(-c2cc(-c3cccc(Br)c3)n(Cc3ccc(S(=O)(=O)N(Cc4ccc(OC)cc4)Cc4ccc(OC)cc4)cc3)c2CC2CC2)sc1C.